The van der Waals surface area contributed by atoms with E-state index < -0.39 is 0 Å². The van der Waals surface area contributed by atoms with Gasteiger partial charge in [0.2, 0.25) is 11.9 Å². The van der Waals surface area contributed by atoms with Crippen molar-refractivity contribution < 1.29 is 4.79 Å². The Morgan fingerprint density at radius 1 is 1.40 bits per heavy atom. The highest BCUT2D eigenvalue weighted by Crippen LogP contribution is 2.09. The molecule has 0 radical (unpaired) electrons. The van der Waals surface area contributed by atoms with Crippen LogP contribution < -0.4 is 16.0 Å². The number of benzene rings is 1. The number of carbonyl (C=O) groups excluding carboxylic acids is 1. The Morgan fingerprint density at radius 3 is 2.80 bits per heavy atom. The van der Waals surface area contributed by atoms with E-state index in [0.717, 1.165) is 12.2 Å². The minimum Gasteiger partial charge on any atom is -0.373 e. The number of nitrogens with one attached hydrogen (secondary N) is 1. The number of hydrogen-bond donors (Lipinski definition) is 2. The molecule has 0 aliphatic heterocycles. The van der Waals surface area contributed by atoms with Gasteiger partial charge in [0.15, 0.2) is 0 Å². The maximum absolute atomic E-state index is 11.7. The molecule has 1 aromatic heterocycles. The second-order valence-electron chi connectivity index (χ2n) is 4.41. The van der Waals surface area contributed by atoms with Crippen molar-refractivity contribution in [2.75, 3.05) is 30.8 Å². The first kappa shape index (κ1) is 13.9. The summed E-state index contributed by atoms with van der Waals surface area (Å²) in [6.45, 7) is 1.42. The van der Waals surface area contributed by atoms with Crippen LogP contribution >= 0.6 is 0 Å². The zero-order chi connectivity index (χ0) is 14.4. The van der Waals surface area contributed by atoms with E-state index in [9.17, 15) is 4.79 Å². The molecule has 7 heteroatoms. The first-order valence-corrected chi connectivity index (χ1v) is 6.33. The minimum absolute atomic E-state index is 0.114. The molecule has 2 rings (SSSR count). The Balaban J connectivity index is 1.71. The molecule has 0 saturated carbocycles. The SMILES string of the molecule is CN(CCNC(=O)Cn1cnc(N)n1)c1ccccc1. The van der Waals surface area contributed by atoms with Crippen LogP contribution in [0.5, 0.6) is 0 Å². The van der Waals surface area contributed by atoms with Gasteiger partial charge in [-0.15, -0.1) is 5.10 Å². The lowest BCUT2D eigenvalue weighted by Crippen LogP contribution is -2.34. The van der Waals surface area contributed by atoms with E-state index >= 15 is 0 Å². The largest absolute Gasteiger partial charge is 0.373 e. The summed E-state index contributed by atoms with van der Waals surface area (Å²) in [5.41, 5.74) is 6.49. The average Bonchev–Trinajstić information content (AvgIpc) is 2.85. The molecule has 0 spiro atoms. The second-order valence-corrected chi connectivity index (χ2v) is 4.41. The summed E-state index contributed by atoms with van der Waals surface area (Å²) in [5.74, 6) is 0.0537. The summed E-state index contributed by atoms with van der Waals surface area (Å²) >= 11 is 0. The number of carbonyl (C=O) groups is 1. The molecule has 106 valence electrons. The zero-order valence-electron chi connectivity index (χ0n) is 11.4. The number of anilines is 2. The molecule has 20 heavy (non-hydrogen) atoms. The van der Waals surface area contributed by atoms with Gasteiger partial charge in [-0.05, 0) is 12.1 Å². The lowest BCUT2D eigenvalue weighted by molar-refractivity contribution is -0.121. The standard InChI is InChI=1S/C13H18N6O/c1-18(11-5-3-2-4-6-11)8-7-15-12(20)9-19-10-16-13(14)17-19/h2-6,10H,7-9H2,1H3,(H2,14,17)(H,15,20). The molecule has 0 fully saturated rings. The highest BCUT2D eigenvalue weighted by Gasteiger charge is 2.05. The van der Waals surface area contributed by atoms with Crippen molar-refractivity contribution in [3.8, 4) is 0 Å². The van der Waals surface area contributed by atoms with Gasteiger partial charge in [-0.1, -0.05) is 18.2 Å². The maximum Gasteiger partial charge on any atom is 0.241 e. The van der Waals surface area contributed by atoms with Crippen molar-refractivity contribution in [3.63, 3.8) is 0 Å². The fourth-order valence-electron chi connectivity index (χ4n) is 1.76. The van der Waals surface area contributed by atoms with Gasteiger partial charge in [0.1, 0.15) is 12.9 Å². The third kappa shape index (κ3) is 3.98. The normalized spacial score (nSPS) is 10.2. The van der Waals surface area contributed by atoms with E-state index in [1.807, 2.05) is 37.4 Å². The van der Waals surface area contributed by atoms with E-state index in [4.69, 9.17) is 5.73 Å². The number of aromatic nitrogens is 3. The molecular weight excluding hydrogens is 256 g/mol. The second kappa shape index (κ2) is 6.55. The van der Waals surface area contributed by atoms with E-state index in [1.54, 1.807) is 0 Å². The topological polar surface area (TPSA) is 89.1 Å². The van der Waals surface area contributed by atoms with Crippen LogP contribution in [0.25, 0.3) is 0 Å². The Labute approximate surface area is 117 Å². The van der Waals surface area contributed by atoms with Gasteiger partial charge in [0.25, 0.3) is 0 Å². The van der Waals surface area contributed by atoms with Crippen LogP contribution in [-0.4, -0.2) is 40.8 Å². The molecule has 7 nitrogen and oxygen atoms in total. The number of nitrogens with zero attached hydrogens (tertiary/aromatic N) is 4. The lowest BCUT2D eigenvalue weighted by atomic mass is 10.3. The number of amides is 1. The quantitative estimate of drug-likeness (QED) is 0.780. The van der Waals surface area contributed by atoms with E-state index in [2.05, 4.69) is 20.3 Å². The molecule has 2 aromatic rings. The molecule has 1 aromatic carbocycles. The van der Waals surface area contributed by atoms with E-state index in [1.165, 1.54) is 11.0 Å². The Kier molecular flexibility index (Phi) is 4.54. The van der Waals surface area contributed by atoms with Gasteiger partial charge in [0.05, 0.1) is 0 Å². The van der Waals surface area contributed by atoms with Gasteiger partial charge in [-0.3, -0.25) is 4.79 Å². The van der Waals surface area contributed by atoms with Crippen LogP contribution in [-0.2, 0) is 11.3 Å². The summed E-state index contributed by atoms with van der Waals surface area (Å²) in [4.78, 5) is 17.5. The average molecular weight is 274 g/mol. The van der Waals surface area contributed by atoms with Gasteiger partial charge in [0, 0.05) is 25.8 Å². The molecule has 0 aliphatic carbocycles. The number of nitrogens with two attached hydrogens (primary N) is 1. The predicted octanol–water partition coefficient (Wildman–Crippen LogP) is 0.113. The van der Waals surface area contributed by atoms with Crippen molar-refractivity contribution in [3.05, 3.63) is 36.7 Å². The Hall–Kier alpha value is -2.57. The number of rotatable bonds is 6. The first-order valence-electron chi connectivity index (χ1n) is 6.33. The van der Waals surface area contributed by atoms with Crippen molar-refractivity contribution in [2.24, 2.45) is 0 Å². The van der Waals surface area contributed by atoms with Crippen molar-refractivity contribution >= 4 is 17.5 Å². The van der Waals surface area contributed by atoms with Crippen LogP contribution in [0.3, 0.4) is 0 Å². The summed E-state index contributed by atoms with van der Waals surface area (Å²) in [6, 6.07) is 10.0. The Morgan fingerprint density at radius 2 is 2.15 bits per heavy atom. The summed E-state index contributed by atoms with van der Waals surface area (Å²) in [6.07, 6.45) is 1.44. The lowest BCUT2D eigenvalue weighted by Gasteiger charge is -2.19. The van der Waals surface area contributed by atoms with E-state index in [-0.39, 0.29) is 18.4 Å². The minimum atomic E-state index is -0.114. The molecule has 0 atom stereocenters. The number of para-hydroxylation sites is 1. The highest BCUT2D eigenvalue weighted by molar-refractivity contribution is 5.75. The van der Waals surface area contributed by atoms with Gasteiger partial charge >= 0.3 is 0 Å². The number of nitrogen functional groups attached to an aromatic ring is 1. The molecule has 0 bridgehead atoms. The van der Waals surface area contributed by atoms with Crippen molar-refractivity contribution in [2.45, 2.75) is 6.54 Å². The predicted molar refractivity (Wildman–Crippen MR) is 77.2 cm³/mol. The molecule has 3 N–H and O–H groups in total. The smallest absolute Gasteiger partial charge is 0.241 e. The molecule has 1 amide bonds. The zero-order valence-corrected chi connectivity index (χ0v) is 11.4. The molecule has 0 unspecified atom stereocenters. The van der Waals surface area contributed by atoms with Gasteiger partial charge < -0.3 is 16.0 Å². The van der Waals surface area contributed by atoms with Gasteiger partial charge in [-0.25, -0.2) is 9.67 Å². The molecular formula is C13H18N6O. The maximum atomic E-state index is 11.7. The van der Waals surface area contributed by atoms with E-state index in [0.29, 0.717) is 6.54 Å². The first-order chi connectivity index (χ1) is 9.65. The van der Waals surface area contributed by atoms with Crippen LogP contribution in [0, 0.1) is 0 Å². The van der Waals surface area contributed by atoms with Gasteiger partial charge in [-0.2, -0.15) is 0 Å². The number of likely N-dealkylation sites (N-methyl/N-ethyl adjacent to an activating group) is 1. The monoisotopic (exact) mass is 274 g/mol. The van der Waals surface area contributed by atoms with Crippen LogP contribution in [0.15, 0.2) is 36.7 Å². The fraction of sp³-hybridized carbons (Fsp3) is 0.308. The Bertz CT molecular complexity index is 553. The van der Waals surface area contributed by atoms with Crippen LogP contribution in [0.1, 0.15) is 0 Å². The molecule has 0 saturated heterocycles. The highest BCUT2D eigenvalue weighted by atomic mass is 16.2. The molecule has 1 heterocycles. The third-order valence-electron chi connectivity index (χ3n) is 2.83. The third-order valence-corrected chi connectivity index (χ3v) is 2.83. The van der Waals surface area contributed by atoms with Crippen LogP contribution in [0.4, 0.5) is 11.6 Å². The number of hydrogen-bond acceptors (Lipinski definition) is 5. The fourth-order valence-corrected chi connectivity index (χ4v) is 1.76. The van der Waals surface area contributed by atoms with Crippen molar-refractivity contribution in [1.82, 2.24) is 20.1 Å². The molecule has 0 aliphatic rings. The van der Waals surface area contributed by atoms with Crippen LogP contribution in [0.2, 0.25) is 0 Å². The summed E-state index contributed by atoms with van der Waals surface area (Å²) in [7, 11) is 1.99. The summed E-state index contributed by atoms with van der Waals surface area (Å²) in [5, 5.41) is 6.68. The van der Waals surface area contributed by atoms with Crippen molar-refractivity contribution in [1.29, 1.82) is 0 Å². The summed E-state index contributed by atoms with van der Waals surface area (Å²) < 4.78 is 1.41.